The zero-order valence-corrected chi connectivity index (χ0v) is 11.4. The molecular weight excluding hydrogens is 250 g/mol. The minimum absolute atomic E-state index is 0.166. The molecule has 1 aliphatic heterocycles. The van der Waals surface area contributed by atoms with Crippen LogP contribution in [0.25, 0.3) is 0 Å². The van der Waals surface area contributed by atoms with Crippen LogP contribution < -0.4 is 5.32 Å². The summed E-state index contributed by atoms with van der Waals surface area (Å²) in [7, 11) is 0. The predicted octanol–water partition coefficient (Wildman–Crippen LogP) is 1.24. The van der Waals surface area contributed by atoms with Crippen molar-refractivity contribution in [1.29, 1.82) is 0 Å². The first-order valence-electron chi connectivity index (χ1n) is 6.28. The number of rotatable bonds is 4. The number of nitrogens with one attached hydrogen (secondary N) is 1. The van der Waals surface area contributed by atoms with Gasteiger partial charge in [-0.05, 0) is 19.5 Å². The molecule has 0 amide bonds. The molecule has 5 nitrogen and oxygen atoms in total. The number of nitrogens with zero attached hydrogens (tertiary/aromatic N) is 2. The van der Waals surface area contributed by atoms with E-state index in [-0.39, 0.29) is 5.69 Å². The van der Waals surface area contributed by atoms with Crippen LogP contribution in [0.5, 0.6) is 0 Å². The quantitative estimate of drug-likeness (QED) is 0.861. The Morgan fingerprint density at radius 1 is 1.61 bits per heavy atom. The summed E-state index contributed by atoms with van der Waals surface area (Å²) in [6, 6.07) is 0. The van der Waals surface area contributed by atoms with Gasteiger partial charge in [-0.3, -0.25) is 0 Å². The largest absolute Gasteiger partial charge is 0.476 e. The lowest BCUT2D eigenvalue weighted by Crippen LogP contribution is -2.31. The fourth-order valence-corrected chi connectivity index (χ4v) is 3.01. The second kappa shape index (κ2) is 6.26. The minimum atomic E-state index is -0.941. The molecule has 100 valence electrons. The Morgan fingerprint density at radius 3 is 3.17 bits per heavy atom. The van der Waals surface area contributed by atoms with Gasteiger partial charge in [-0.25, -0.2) is 9.78 Å². The Kier molecular flexibility index (Phi) is 4.68. The second-order valence-corrected chi connectivity index (χ2v) is 5.57. The Bertz CT molecular complexity index is 400. The summed E-state index contributed by atoms with van der Waals surface area (Å²) in [6.45, 7) is 7.35. The maximum Gasteiger partial charge on any atom is 0.355 e. The highest BCUT2D eigenvalue weighted by Gasteiger charge is 2.17. The van der Waals surface area contributed by atoms with Crippen molar-refractivity contribution in [3.8, 4) is 0 Å². The first kappa shape index (κ1) is 13.5. The molecule has 1 saturated heterocycles. The molecule has 2 heterocycles. The molecule has 0 aromatic carbocycles. The molecule has 2 rings (SSSR count). The highest BCUT2D eigenvalue weighted by Crippen LogP contribution is 2.21. The van der Waals surface area contributed by atoms with Gasteiger partial charge in [0, 0.05) is 30.9 Å². The molecule has 1 aliphatic rings. The molecule has 6 heteroatoms. The number of thiazole rings is 1. The summed E-state index contributed by atoms with van der Waals surface area (Å²) in [5, 5.41) is 14.8. The SMILES string of the molecule is CC(CN1CCCNCC1)c1nc(C(=O)O)cs1. The van der Waals surface area contributed by atoms with E-state index in [4.69, 9.17) is 5.11 Å². The topological polar surface area (TPSA) is 65.5 Å². The Balaban J connectivity index is 1.93. The average Bonchev–Trinajstić information content (AvgIpc) is 2.70. The van der Waals surface area contributed by atoms with Crippen molar-refractivity contribution in [3.63, 3.8) is 0 Å². The first-order chi connectivity index (χ1) is 8.66. The summed E-state index contributed by atoms with van der Waals surface area (Å²) in [4.78, 5) is 17.4. The van der Waals surface area contributed by atoms with Crippen molar-refractivity contribution in [2.75, 3.05) is 32.7 Å². The molecular formula is C12H19N3O2S. The molecule has 0 aliphatic carbocycles. The van der Waals surface area contributed by atoms with E-state index < -0.39 is 5.97 Å². The van der Waals surface area contributed by atoms with Gasteiger partial charge in [-0.1, -0.05) is 6.92 Å². The van der Waals surface area contributed by atoms with Crippen LogP contribution >= 0.6 is 11.3 Å². The van der Waals surface area contributed by atoms with Gasteiger partial charge >= 0.3 is 5.97 Å². The van der Waals surface area contributed by atoms with E-state index >= 15 is 0 Å². The van der Waals surface area contributed by atoms with Crippen molar-refractivity contribution in [2.45, 2.75) is 19.3 Å². The standard InChI is InChI=1S/C12H19N3O2S/c1-9(7-15-5-2-3-13-4-6-15)11-14-10(8-18-11)12(16)17/h8-9,13H,2-7H2,1H3,(H,16,17). The summed E-state index contributed by atoms with van der Waals surface area (Å²) in [5.41, 5.74) is 0.166. The number of carbonyl (C=O) groups is 1. The third-order valence-electron chi connectivity index (χ3n) is 3.13. The van der Waals surface area contributed by atoms with E-state index in [0.717, 1.165) is 37.7 Å². The third kappa shape index (κ3) is 3.51. The summed E-state index contributed by atoms with van der Waals surface area (Å²) in [6.07, 6.45) is 1.17. The lowest BCUT2D eigenvalue weighted by atomic mass is 10.1. The number of carboxylic acid groups (broad SMARTS) is 1. The number of hydrogen-bond acceptors (Lipinski definition) is 5. The van der Waals surface area contributed by atoms with Crippen LogP contribution in [-0.4, -0.2) is 53.7 Å². The predicted molar refractivity (Wildman–Crippen MR) is 71.4 cm³/mol. The summed E-state index contributed by atoms with van der Waals surface area (Å²) < 4.78 is 0. The molecule has 1 fully saturated rings. The van der Waals surface area contributed by atoms with Crippen LogP contribution in [0.15, 0.2) is 5.38 Å². The van der Waals surface area contributed by atoms with Gasteiger partial charge in [-0.2, -0.15) is 0 Å². The highest BCUT2D eigenvalue weighted by molar-refractivity contribution is 7.09. The van der Waals surface area contributed by atoms with Gasteiger partial charge in [0.2, 0.25) is 0 Å². The van der Waals surface area contributed by atoms with Crippen LogP contribution in [-0.2, 0) is 0 Å². The molecule has 1 aromatic rings. The van der Waals surface area contributed by atoms with Crippen LogP contribution in [0, 0.1) is 0 Å². The fraction of sp³-hybridized carbons (Fsp3) is 0.667. The Labute approximate surface area is 111 Å². The smallest absolute Gasteiger partial charge is 0.355 e. The number of hydrogen-bond donors (Lipinski definition) is 2. The van der Waals surface area contributed by atoms with Gasteiger partial charge < -0.3 is 15.3 Å². The normalized spacial score (nSPS) is 19.4. The zero-order chi connectivity index (χ0) is 13.0. The maximum atomic E-state index is 10.8. The van der Waals surface area contributed by atoms with E-state index in [1.165, 1.54) is 17.8 Å². The third-order valence-corrected chi connectivity index (χ3v) is 4.20. The van der Waals surface area contributed by atoms with Crippen molar-refractivity contribution < 1.29 is 9.90 Å². The molecule has 0 radical (unpaired) electrons. The minimum Gasteiger partial charge on any atom is -0.476 e. The lowest BCUT2D eigenvalue weighted by Gasteiger charge is -2.22. The van der Waals surface area contributed by atoms with Gasteiger partial charge in [0.15, 0.2) is 5.69 Å². The van der Waals surface area contributed by atoms with Crippen molar-refractivity contribution in [3.05, 3.63) is 16.1 Å². The van der Waals surface area contributed by atoms with Gasteiger partial charge in [0.1, 0.15) is 0 Å². The maximum absolute atomic E-state index is 10.8. The highest BCUT2D eigenvalue weighted by atomic mass is 32.1. The second-order valence-electron chi connectivity index (χ2n) is 4.68. The Morgan fingerprint density at radius 2 is 2.44 bits per heavy atom. The number of aromatic carboxylic acids is 1. The summed E-state index contributed by atoms with van der Waals surface area (Å²) >= 11 is 1.45. The summed E-state index contributed by atoms with van der Waals surface area (Å²) in [5.74, 6) is -0.648. The average molecular weight is 269 g/mol. The van der Waals surface area contributed by atoms with E-state index in [2.05, 4.69) is 22.1 Å². The zero-order valence-electron chi connectivity index (χ0n) is 10.6. The van der Waals surface area contributed by atoms with Gasteiger partial charge in [0.05, 0.1) is 5.01 Å². The molecule has 1 atom stereocenters. The molecule has 0 bridgehead atoms. The molecule has 0 spiro atoms. The van der Waals surface area contributed by atoms with Crippen molar-refractivity contribution in [2.24, 2.45) is 0 Å². The van der Waals surface area contributed by atoms with Gasteiger partial charge in [0.25, 0.3) is 0 Å². The fourth-order valence-electron chi connectivity index (χ4n) is 2.16. The van der Waals surface area contributed by atoms with Gasteiger partial charge in [-0.15, -0.1) is 11.3 Å². The van der Waals surface area contributed by atoms with Crippen LogP contribution in [0.1, 0.15) is 34.8 Å². The first-order valence-corrected chi connectivity index (χ1v) is 7.16. The van der Waals surface area contributed by atoms with E-state index in [9.17, 15) is 4.79 Å². The van der Waals surface area contributed by atoms with E-state index in [1.54, 1.807) is 5.38 Å². The molecule has 1 aromatic heterocycles. The Hall–Kier alpha value is -0.980. The van der Waals surface area contributed by atoms with E-state index in [1.807, 2.05) is 0 Å². The number of aromatic nitrogens is 1. The lowest BCUT2D eigenvalue weighted by molar-refractivity contribution is 0.0691. The molecule has 1 unspecified atom stereocenters. The monoisotopic (exact) mass is 269 g/mol. The van der Waals surface area contributed by atoms with E-state index in [0.29, 0.717) is 5.92 Å². The van der Waals surface area contributed by atoms with Crippen molar-refractivity contribution >= 4 is 17.3 Å². The van der Waals surface area contributed by atoms with Crippen LogP contribution in [0.3, 0.4) is 0 Å². The van der Waals surface area contributed by atoms with Crippen molar-refractivity contribution in [1.82, 2.24) is 15.2 Å². The van der Waals surface area contributed by atoms with Crippen LogP contribution in [0.4, 0.5) is 0 Å². The molecule has 2 N–H and O–H groups in total. The molecule has 18 heavy (non-hydrogen) atoms. The number of carboxylic acids is 1. The molecule has 0 saturated carbocycles. The van der Waals surface area contributed by atoms with Crippen LogP contribution in [0.2, 0.25) is 0 Å².